The van der Waals surface area contributed by atoms with Crippen molar-refractivity contribution in [3.63, 3.8) is 0 Å². The summed E-state index contributed by atoms with van der Waals surface area (Å²) in [5.74, 6) is 0. The Hall–Kier alpha value is -1.08. The van der Waals surface area contributed by atoms with Crippen LogP contribution in [-0.2, 0) is 16.4 Å². The summed E-state index contributed by atoms with van der Waals surface area (Å²) in [5.41, 5.74) is 0.907. The first kappa shape index (κ1) is 16.3. The molecule has 4 nitrogen and oxygen atoms in total. The van der Waals surface area contributed by atoms with Crippen molar-refractivity contribution in [1.82, 2.24) is 4.72 Å². The first-order chi connectivity index (χ1) is 10.0. The molecule has 0 spiro atoms. The Kier molecular flexibility index (Phi) is 5.64. The number of thiophene rings is 1. The van der Waals surface area contributed by atoms with Gasteiger partial charge in [0.2, 0.25) is 10.0 Å². The molecule has 0 fully saturated rings. The van der Waals surface area contributed by atoms with Crippen LogP contribution in [-0.4, -0.2) is 21.5 Å². The second-order valence-corrected chi connectivity index (χ2v) is 7.97. The molecular weight excluding hydrogens is 328 g/mol. The molecule has 114 valence electrons. The third-order valence-corrected chi connectivity index (χ3v) is 5.61. The zero-order valence-electron chi connectivity index (χ0n) is 11.6. The molecule has 7 heteroatoms. The van der Waals surface area contributed by atoms with Crippen LogP contribution in [0.1, 0.15) is 11.8 Å². The van der Waals surface area contributed by atoms with Gasteiger partial charge in [0.25, 0.3) is 0 Å². The van der Waals surface area contributed by atoms with Crippen LogP contribution < -0.4 is 10.0 Å². The van der Waals surface area contributed by atoms with Gasteiger partial charge in [0.1, 0.15) is 0 Å². The van der Waals surface area contributed by atoms with Gasteiger partial charge in [0.15, 0.2) is 0 Å². The lowest BCUT2D eigenvalue weighted by atomic mass is 10.3. The predicted molar refractivity (Wildman–Crippen MR) is 88.8 cm³/mol. The largest absolute Gasteiger partial charge is 0.385 e. The van der Waals surface area contributed by atoms with Gasteiger partial charge in [-0.05, 0) is 49.7 Å². The van der Waals surface area contributed by atoms with Crippen LogP contribution in [0.5, 0.6) is 0 Å². The number of hydrogen-bond donors (Lipinski definition) is 2. The molecule has 0 radical (unpaired) electrons. The average molecular weight is 345 g/mol. The molecule has 21 heavy (non-hydrogen) atoms. The monoisotopic (exact) mass is 344 g/mol. The van der Waals surface area contributed by atoms with Crippen molar-refractivity contribution in [2.45, 2.75) is 18.2 Å². The Morgan fingerprint density at radius 1 is 1.14 bits per heavy atom. The highest BCUT2D eigenvalue weighted by Gasteiger charge is 2.13. The molecule has 2 N–H and O–H groups in total. The van der Waals surface area contributed by atoms with E-state index in [1.807, 2.05) is 19.1 Å². The molecule has 2 rings (SSSR count). The zero-order valence-corrected chi connectivity index (χ0v) is 14.0. The van der Waals surface area contributed by atoms with Gasteiger partial charge in [-0.15, -0.1) is 11.3 Å². The lowest BCUT2D eigenvalue weighted by molar-refractivity contribution is 0.582. The summed E-state index contributed by atoms with van der Waals surface area (Å²) in [5, 5.41) is 3.13. The van der Waals surface area contributed by atoms with E-state index in [2.05, 4.69) is 10.0 Å². The van der Waals surface area contributed by atoms with Crippen molar-refractivity contribution in [3.8, 4) is 0 Å². The summed E-state index contributed by atoms with van der Waals surface area (Å²) in [6.45, 7) is 3.14. The Morgan fingerprint density at radius 2 is 1.86 bits per heavy atom. The molecule has 2 aromatic rings. The van der Waals surface area contributed by atoms with Crippen LogP contribution in [0.25, 0.3) is 0 Å². The smallest absolute Gasteiger partial charge is 0.240 e. The van der Waals surface area contributed by atoms with Gasteiger partial charge in [-0.25, -0.2) is 13.1 Å². The summed E-state index contributed by atoms with van der Waals surface area (Å²) in [6.07, 6.45) is 0.631. The lowest BCUT2D eigenvalue weighted by Crippen LogP contribution is -2.25. The molecule has 0 atom stereocenters. The van der Waals surface area contributed by atoms with Gasteiger partial charge < -0.3 is 5.32 Å². The van der Waals surface area contributed by atoms with Crippen LogP contribution in [0.4, 0.5) is 5.69 Å². The number of nitrogens with one attached hydrogen (secondary N) is 2. The number of hydrogen-bond acceptors (Lipinski definition) is 4. The quantitative estimate of drug-likeness (QED) is 0.809. The van der Waals surface area contributed by atoms with Crippen molar-refractivity contribution >= 4 is 38.6 Å². The summed E-state index contributed by atoms with van der Waals surface area (Å²) in [6, 6.07) is 10.4. The highest BCUT2D eigenvalue weighted by atomic mass is 35.5. The molecule has 0 saturated carbocycles. The second-order valence-electron chi connectivity index (χ2n) is 4.41. The SMILES string of the molecule is CCNc1ccc(S(=O)(=O)NCCc2ccc(Cl)s2)cc1. The molecule has 0 saturated heterocycles. The summed E-state index contributed by atoms with van der Waals surface area (Å²) >= 11 is 7.30. The molecule has 1 heterocycles. The molecule has 0 unspecified atom stereocenters. The van der Waals surface area contributed by atoms with E-state index < -0.39 is 10.0 Å². The zero-order chi connectivity index (χ0) is 15.3. The van der Waals surface area contributed by atoms with Crippen LogP contribution in [0.2, 0.25) is 4.34 Å². The fraction of sp³-hybridized carbons (Fsp3) is 0.286. The minimum absolute atomic E-state index is 0.272. The first-order valence-electron chi connectivity index (χ1n) is 6.59. The van der Waals surface area contributed by atoms with Crippen LogP contribution in [0, 0.1) is 0 Å². The average Bonchev–Trinajstić information content (AvgIpc) is 2.85. The molecule has 0 aliphatic carbocycles. The van der Waals surface area contributed by atoms with Crippen molar-refractivity contribution in [2.75, 3.05) is 18.4 Å². The first-order valence-corrected chi connectivity index (χ1v) is 9.27. The fourth-order valence-electron chi connectivity index (χ4n) is 1.83. The topological polar surface area (TPSA) is 58.2 Å². The van der Waals surface area contributed by atoms with E-state index in [4.69, 9.17) is 11.6 Å². The van der Waals surface area contributed by atoms with Crippen molar-refractivity contribution in [2.24, 2.45) is 0 Å². The van der Waals surface area contributed by atoms with Crippen LogP contribution in [0.3, 0.4) is 0 Å². The van der Waals surface area contributed by atoms with Gasteiger partial charge in [0.05, 0.1) is 9.23 Å². The van der Waals surface area contributed by atoms with E-state index in [-0.39, 0.29) is 4.90 Å². The summed E-state index contributed by atoms with van der Waals surface area (Å²) in [7, 11) is -3.46. The third-order valence-electron chi connectivity index (χ3n) is 2.84. The normalized spacial score (nSPS) is 11.5. The van der Waals surface area contributed by atoms with Gasteiger partial charge in [-0.3, -0.25) is 0 Å². The number of anilines is 1. The Labute approximate surface area is 134 Å². The maximum absolute atomic E-state index is 12.1. The van der Waals surface area contributed by atoms with E-state index in [0.29, 0.717) is 17.3 Å². The van der Waals surface area contributed by atoms with Crippen LogP contribution >= 0.6 is 22.9 Å². The molecule has 0 bridgehead atoms. The maximum atomic E-state index is 12.1. The standard InChI is InChI=1S/C14H17ClN2O2S2/c1-2-16-11-3-6-13(7-4-11)21(18,19)17-10-9-12-5-8-14(15)20-12/h3-8,16-17H,2,9-10H2,1H3. The van der Waals surface area contributed by atoms with Crippen molar-refractivity contribution < 1.29 is 8.42 Å². The highest BCUT2D eigenvalue weighted by Crippen LogP contribution is 2.21. The molecule has 0 aliphatic rings. The van der Waals surface area contributed by atoms with Crippen molar-refractivity contribution in [1.29, 1.82) is 0 Å². The molecule has 1 aromatic heterocycles. The molecule has 0 aliphatic heterocycles. The Balaban J connectivity index is 1.94. The van der Waals surface area contributed by atoms with E-state index >= 15 is 0 Å². The number of halogens is 1. The summed E-state index contributed by atoms with van der Waals surface area (Å²) < 4.78 is 27.6. The minimum atomic E-state index is -3.46. The van der Waals surface area contributed by atoms with Gasteiger partial charge >= 0.3 is 0 Å². The summed E-state index contributed by atoms with van der Waals surface area (Å²) in [4.78, 5) is 1.33. The number of benzene rings is 1. The Bertz CT molecular complexity index is 681. The lowest BCUT2D eigenvalue weighted by Gasteiger charge is -2.08. The molecular formula is C14H17ClN2O2S2. The Morgan fingerprint density at radius 3 is 2.43 bits per heavy atom. The van der Waals surface area contributed by atoms with Gasteiger partial charge in [0, 0.05) is 23.7 Å². The molecule has 0 amide bonds. The second kappa shape index (κ2) is 7.26. The van der Waals surface area contributed by atoms with E-state index in [1.54, 1.807) is 24.3 Å². The van der Waals surface area contributed by atoms with E-state index in [1.165, 1.54) is 11.3 Å². The van der Waals surface area contributed by atoms with E-state index in [0.717, 1.165) is 17.1 Å². The van der Waals surface area contributed by atoms with Gasteiger partial charge in [-0.1, -0.05) is 11.6 Å². The van der Waals surface area contributed by atoms with Crippen LogP contribution in [0.15, 0.2) is 41.3 Å². The molecule has 1 aromatic carbocycles. The predicted octanol–water partition coefficient (Wildman–Crippen LogP) is 3.35. The number of rotatable bonds is 7. The van der Waals surface area contributed by atoms with E-state index in [9.17, 15) is 8.42 Å². The fourth-order valence-corrected chi connectivity index (χ4v) is 3.95. The van der Waals surface area contributed by atoms with Gasteiger partial charge in [-0.2, -0.15) is 0 Å². The minimum Gasteiger partial charge on any atom is -0.385 e. The highest BCUT2D eigenvalue weighted by molar-refractivity contribution is 7.89. The maximum Gasteiger partial charge on any atom is 0.240 e. The van der Waals surface area contributed by atoms with Crippen molar-refractivity contribution in [3.05, 3.63) is 45.6 Å². The third kappa shape index (κ3) is 4.71. The number of sulfonamides is 1.